The smallest absolute Gasteiger partial charge is 0.378 e. The van der Waals surface area contributed by atoms with E-state index in [0.717, 1.165) is 0 Å². The van der Waals surface area contributed by atoms with Gasteiger partial charge in [-0.05, 0) is 37.6 Å². The number of amidine groups is 1. The van der Waals surface area contributed by atoms with Gasteiger partial charge in [-0.3, -0.25) is 9.79 Å². The molecule has 0 saturated carbocycles. The van der Waals surface area contributed by atoms with Crippen LogP contribution in [0.5, 0.6) is 0 Å². The molecule has 1 atom stereocenters. The number of anilines is 1. The number of alkyl halides is 3. The van der Waals surface area contributed by atoms with Crippen molar-refractivity contribution in [3.63, 3.8) is 0 Å². The summed E-state index contributed by atoms with van der Waals surface area (Å²) >= 11 is 7.22. The topological polar surface area (TPSA) is 80.4 Å². The molecule has 0 bridgehead atoms. The maximum atomic E-state index is 14.7. The number of nitrogens with zero attached hydrogens (tertiary/aromatic N) is 2. The molecule has 166 valence electrons. The molecule has 1 amide bonds. The Hall–Kier alpha value is -2.33. The van der Waals surface area contributed by atoms with Crippen LogP contribution in [0.4, 0.5) is 23.2 Å². The maximum absolute atomic E-state index is 14.7. The fourth-order valence-corrected chi connectivity index (χ4v) is 4.99. The summed E-state index contributed by atoms with van der Waals surface area (Å²) in [6.45, 7) is 5.69. The number of halogens is 5. The van der Waals surface area contributed by atoms with Crippen molar-refractivity contribution < 1.29 is 22.4 Å². The zero-order chi connectivity index (χ0) is 23.2. The molecule has 1 aliphatic rings. The SMILES string of the molecule is CC1(C)C[C@@](C)(c2cc(NC(=O)c3ncc(C(F)(F)F)cc3Cl)ccc2F)N=C(N)S1. The highest BCUT2D eigenvalue weighted by Gasteiger charge is 2.41. The molecule has 5 nitrogen and oxygen atoms in total. The predicted octanol–water partition coefficient (Wildman–Crippen LogP) is 5.59. The standard InChI is InChI=1S/C20H19ClF4N4OS/c1-18(2)9-19(3,29-17(26)31-18)12-7-11(4-5-14(12)22)28-16(30)15-13(21)6-10(8-27-15)20(23,24)25/h4-8H,9H2,1-3H3,(H2,26,29)(H,28,30)/t19-/m0/s1. The van der Waals surface area contributed by atoms with Crippen LogP contribution in [0.25, 0.3) is 0 Å². The van der Waals surface area contributed by atoms with Gasteiger partial charge in [0.15, 0.2) is 5.17 Å². The van der Waals surface area contributed by atoms with Crippen molar-refractivity contribution >= 4 is 40.1 Å². The number of nitrogens with one attached hydrogen (secondary N) is 1. The number of amides is 1. The molecular formula is C20H19ClF4N4OS. The molecule has 2 heterocycles. The number of hydrogen-bond donors (Lipinski definition) is 2. The van der Waals surface area contributed by atoms with Crippen molar-refractivity contribution in [3.05, 3.63) is 58.1 Å². The van der Waals surface area contributed by atoms with Gasteiger partial charge < -0.3 is 11.1 Å². The van der Waals surface area contributed by atoms with Gasteiger partial charge in [-0.2, -0.15) is 13.2 Å². The van der Waals surface area contributed by atoms with E-state index in [1.54, 1.807) is 6.92 Å². The van der Waals surface area contributed by atoms with Gasteiger partial charge in [0.25, 0.3) is 5.91 Å². The lowest BCUT2D eigenvalue weighted by Crippen LogP contribution is -2.38. The Labute approximate surface area is 185 Å². The lowest BCUT2D eigenvalue weighted by molar-refractivity contribution is -0.137. The van der Waals surface area contributed by atoms with Crippen LogP contribution in [0, 0.1) is 5.82 Å². The van der Waals surface area contributed by atoms with Crippen molar-refractivity contribution in [3.8, 4) is 0 Å². The first-order valence-electron chi connectivity index (χ1n) is 9.09. The molecule has 0 radical (unpaired) electrons. The zero-order valence-corrected chi connectivity index (χ0v) is 18.3. The molecular weight excluding hydrogens is 456 g/mol. The third-order valence-electron chi connectivity index (χ3n) is 4.70. The second kappa shape index (κ2) is 7.98. The van der Waals surface area contributed by atoms with Gasteiger partial charge in [-0.15, -0.1) is 0 Å². The molecule has 3 N–H and O–H groups in total. The lowest BCUT2D eigenvalue weighted by Gasteiger charge is -2.39. The fraction of sp³-hybridized carbons (Fsp3) is 0.350. The number of nitrogens with two attached hydrogens (primary N) is 1. The molecule has 1 aromatic carbocycles. The van der Waals surface area contributed by atoms with Crippen LogP contribution >= 0.6 is 23.4 Å². The van der Waals surface area contributed by atoms with Gasteiger partial charge >= 0.3 is 6.18 Å². The number of pyridine rings is 1. The van der Waals surface area contributed by atoms with Crippen molar-refractivity contribution in [1.82, 2.24) is 4.98 Å². The van der Waals surface area contributed by atoms with Crippen LogP contribution < -0.4 is 11.1 Å². The number of thioether (sulfide) groups is 1. The van der Waals surface area contributed by atoms with E-state index in [9.17, 15) is 22.4 Å². The molecule has 31 heavy (non-hydrogen) atoms. The highest BCUT2D eigenvalue weighted by atomic mass is 35.5. The summed E-state index contributed by atoms with van der Waals surface area (Å²) in [6, 6.07) is 4.56. The van der Waals surface area contributed by atoms with Crippen molar-refractivity contribution in [2.45, 2.75) is 43.7 Å². The minimum atomic E-state index is -4.64. The lowest BCUT2D eigenvalue weighted by atomic mass is 9.83. The summed E-state index contributed by atoms with van der Waals surface area (Å²) in [4.78, 5) is 20.5. The molecule has 1 aliphatic heterocycles. The zero-order valence-electron chi connectivity index (χ0n) is 16.8. The van der Waals surface area contributed by atoms with E-state index in [4.69, 9.17) is 17.3 Å². The summed E-state index contributed by atoms with van der Waals surface area (Å²) in [5.41, 5.74) is 3.97. The number of rotatable bonds is 3. The van der Waals surface area contributed by atoms with Crippen LogP contribution in [0.2, 0.25) is 5.02 Å². The second-order valence-electron chi connectivity index (χ2n) is 7.96. The molecule has 3 rings (SSSR count). The first-order chi connectivity index (χ1) is 14.2. The minimum absolute atomic E-state index is 0.213. The van der Waals surface area contributed by atoms with Crippen molar-refractivity contribution in [2.75, 3.05) is 5.32 Å². The first kappa shape index (κ1) is 23.3. The van der Waals surface area contributed by atoms with Gasteiger partial charge in [0.05, 0.1) is 16.1 Å². The molecule has 2 aromatic rings. The Morgan fingerprint density at radius 2 is 1.94 bits per heavy atom. The average Bonchev–Trinajstić information content (AvgIpc) is 2.60. The molecule has 0 saturated heterocycles. The fourth-order valence-electron chi connectivity index (χ4n) is 3.58. The minimum Gasteiger partial charge on any atom is -0.378 e. The Morgan fingerprint density at radius 1 is 1.26 bits per heavy atom. The number of aliphatic imine (C=N–C) groups is 1. The first-order valence-corrected chi connectivity index (χ1v) is 10.3. The monoisotopic (exact) mass is 474 g/mol. The number of aromatic nitrogens is 1. The highest BCUT2D eigenvalue weighted by Crippen LogP contribution is 2.45. The summed E-state index contributed by atoms with van der Waals surface area (Å²) in [5, 5.41) is 2.37. The van der Waals surface area contributed by atoms with Crippen LogP contribution in [-0.4, -0.2) is 20.8 Å². The van der Waals surface area contributed by atoms with Crippen molar-refractivity contribution in [2.24, 2.45) is 10.7 Å². The van der Waals surface area contributed by atoms with Crippen LogP contribution in [0.15, 0.2) is 35.5 Å². The number of hydrogen-bond acceptors (Lipinski definition) is 5. The predicted molar refractivity (Wildman–Crippen MR) is 114 cm³/mol. The third-order valence-corrected chi connectivity index (χ3v) is 5.98. The van der Waals surface area contributed by atoms with E-state index in [1.807, 2.05) is 13.8 Å². The second-order valence-corrected chi connectivity index (χ2v) is 10.1. The van der Waals surface area contributed by atoms with Gasteiger partial charge in [0.2, 0.25) is 0 Å². The number of benzene rings is 1. The number of carbonyl (C=O) groups is 1. The van der Waals surface area contributed by atoms with Crippen molar-refractivity contribution in [1.29, 1.82) is 0 Å². The molecule has 0 aliphatic carbocycles. The highest BCUT2D eigenvalue weighted by molar-refractivity contribution is 8.15. The van der Waals surface area contributed by atoms with Gasteiger partial charge in [-0.25, -0.2) is 9.37 Å². The maximum Gasteiger partial charge on any atom is 0.417 e. The molecule has 1 aromatic heterocycles. The normalized spacial score (nSPS) is 20.8. The van der Waals surface area contributed by atoms with E-state index >= 15 is 0 Å². The molecule has 11 heteroatoms. The van der Waals surface area contributed by atoms with Gasteiger partial charge in [0.1, 0.15) is 11.5 Å². The van der Waals surface area contributed by atoms with E-state index in [0.29, 0.717) is 23.9 Å². The Balaban J connectivity index is 1.91. The molecule has 0 fully saturated rings. The average molecular weight is 475 g/mol. The summed E-state index contributed by atoms with van der Waals surface area (Å²) in [7, 11) is 0. The third kappa shape index (κ3) is 5.12. The molecule has 0 spiro atoms. The Morgan fingerprint density at radius 3 is 2.52 bits per heavy atom. The number of carbonyl (C=O) groups excluding carboxylic acids is 1. The van der Waals surface area contributed by atoms with Gasteiger partial charge in [-0.1, -0.05) is 37.2 Å². The summed E-state index contributed by atoms with van der Waals surface area (Å²) in [5.74, 6) is -1.35. The largest absolute Gasteiger partial charge is 0.417 e. The quantitative estimate of drug-likeness (QED) is 0.568. The summed E-state index contributed by atoms with van der Waals surface area (Å²) < 4.78 is 52.7. The van der Waals surface area contributed by atoms with Crippen LogP contribution in [0.1, 0.15) is 48.8 Å². The van der Waals surface area contributed by atoms with Gasteiger partial charge in [0, 0.05) is 22.2 Å². The van der Waals surface area contributed by atoms with E-state index in [-0.39, 0.29) is 21.7 Å². The molecule has 0 unspecified atom stereocenters. The van der Waals surface area contributed by atoms with E-state index < -0.39 is 34.0 Å². The summed E-state index contributed by atoms with van der Waals surface area (Å²) in [6.07, 6.45) is -3.62. The van der Waals surface area contributed by atoms with E-state index in [1.165, 1.54) is 30.0 Å². The Kier molecular flexibility index (Phi) is 6.01. The van der Waals surface area contributed by atoms with E-state index in [2.05, 4.69) is 15.3 Å². The van der Waals surface area contributed by atoms with Crippen LogP contribution in [-0.2, 0) is 11.7 Å². The Bertz CT molecular complexity index is 1070. The van der Waals surface area contributed by atoms with Crippen LogP contribution in [0.3, 0.4) is 0 Å².